The lowest BCUT2D eigenvalue weighted by Crippen LogP contribution is -2.48. The van der Waals surface area contributed by atoms with Crippen molar-refractivity contribution in [2.75, 3.05) is 33.4 Å². The Labute approximate surface area is 125 Å². The van der Waals surface area contributed by atoms with Gasteiger partial charge in [-0.15, -0.1) is 0 Å². The average Bonchev–Trinajstić information content (AvgIpc) is 2.93. The van der Waals surface area contributed by atoms with Crippen LogP contribution in [0, 0.1) is 5.92 Å². The summed E-state index contributed by atoms with van der Waals surface area (Å²) in [5, 5.41) is 7.43. The third-order valence-corrected chi connectivity index (χ3v) is 4.61. The third-order valence-electron chi connectivity index (χ3n) is 4.61. The number of nitrogens with zero attached hydrogens (tertiary/aromatic N) is 2. The van der Waals surface area contributed by atoms with Crippen LogP contribution in [0.1, 0.15) is 37.4 Å². The largest absolute Gasteiger partial charge is 0.384 e. The van der Waals surface area contributed by atoms with Crippen molar-refractivity contribution in [3.05, 3.63) is 11.7 Å². The minimum atomic E-state index is 0.0903. The van der Waals surface area contributed by atoms with Crippen LogP contribution in [0.4, 0.5) is 0 Å². The second kappa shape index (κ2) is 6.85. The summed E-state index contributed by atoms with van der Waals surface area (Å²) >= 11 is 0. The molecule has 6 nitrogen and oxygen atoms in total. The molecule has 21 heavy (non-hydrogen) atoms. The smallest absolute Gasteiger partial charge is 0.226 e. The van der Waals surface area contributed by atoms with Crippen molar-refractivity contribution in [3.8, 4) is 0 Å². The maximum Gasteiger partial charge on any atom is 0.226 e. The zero-order chi connectivity index (χ0) is 14.5. The summed E-state index contributed by atoms with van der Waals surface area (Å²) in [7, 11) is 1.68. The summed E-state index contributed by atoms with van der Waals surface area (Å²) in [6.07, 6.45) is 6.02. The molecule has 1 atom stereocenters. The molecule has 0 saturated carbocycles. The van der Waals surface area contributed by atoms with Gasteiger partial charge in [-0.25, -0.2) is 0 Å². The average molecular weight is 295 g/mol. The van der Waals surface area contributed by atoms with Crippen molar-refractivity contribution in [1.82, 2.24) is 15.5 Å². The standard InChI is InChI=1S/C15H25N3O3/c1-19-8-3-13-17-14(21-18-13)10-12-2-9-20-15(11-12)4-6-16-7-5-15/h12,16H,2-11H2,1H3. The summed E-state index contributed by atoms with van der Waals surface area (Å²) in [5.74, 6) is 2.10. The highest BCUT2D eigenvalue weighted by Crippen LogP contribution is 2.37. The van der Waals surface area contributed by atoms with E-state index in [9.17, 15) is 0 Å². The molecule has 0 aliphatic carbocycles. The first-order chi connectivity index (χ1) is 10.3. The van der Waals surface area contributed by atoms with E-state index in [1.807, 2.05) is 0 Å². The van der Waals surface area contributed by atoms with Gasteiger partial charge in [0.2, 0.25) is 5.89 Å². The lowest BCUT2D eigenvalue weighted by atomic mass is 9.79. The first-order valence-electron chi connectivity index (χ1n) is 7.95. The van der Waals surface area contributed by atoms with Gasteiger partial charge in [0.1, 0.15) is 0 Å². The molecule has 0 amide bonds. The van der Waals surface area contributed by atoms with Gasteiger partial charge >= 0.3 is 0 Å². The number of hydrogen-bond acceptors (Lipinski definition) is 6. The quantitative estimate of drug-likeness (QED) is 0.884. The molecule has 2 aliphatic rings. The molecule has 0 bridgehead atoms. The molecule has 1 aromatic heterocycles. The van der Waals surface area contributed by atoms with Crippen LogP contribution < -0.4 is 5.32 Å². The topological polar surface area (TPSA) is 69.4 Å². The van der Waals surface area contributed by atoms with Crippen molar-refractivity contribution in [2.24, 2.45) is 5.92 Å². The molecule has 0 radical (unpaired) electrons. The summed E-state index contributed by atoms with van der Waals surface area (Å²) < 4.78 is 16.5. The van der Waals surface area contributed by atoms with E-state index >= 15 is 0 Å². The first-order valence-corrected chi connectivity index (χ1v) is 7.95. The molecule has 1 N–H and O–H groups in total. The zero-order valence-electron chi connectivity index (χ0n) is 12.8. The zero-order valence-corrected chi connectivity index (χ0v) is 12.8. The van der Waals surface area contributed by atoms with Gasteiger partial charge < -0.3 is 19.3 Å². The molecule has 2 saturated heterocycles. The van der Waals surface area contributed by atoms with Crippen LogP contribution >= 0.6 is 0 Å². The Kier molecular flexibility index (Phi) is 4.87. The van der Waals surface area contributed by atoms with Gasteiger partial charge in [0.05, 0.1) is 12.2 Å². The van der Waals surface area contributed by atoms with E-state index in [1.165, 1.54) is 0 Å². The maximum absolute atomic E-state index is 6.11. The molecular formula is C15H25N3O3. The summed E-state index contributed by atoms with van der Waals surface area (Å²) in [6, 6.07) is 0. The van der Waals surface area contributed by atoms with Gasteiger partial charge in [-0.1, -0.05) is 5.16 Å². The van der Waals surface area contributed by atoms with Gasteiger partial charge in [-0.05, 0) is 44.7 Å². The minimum Gasteiger partial charge on any atom is -0.384 e. The van der Waals surface area contributed by atoms with Crippen molar-refractivity contribution in [3.63, 3.8) is 0 Å². The van der Waals surface area contributed by atoms with E-state index in [0.717, 1.165) is 63.5 Å². The van der Waals surface area contributed by atoms with E-state index in [0.29, 0.717) is 18.9 Å². The molecule has 1 spiro atoms. The van der Waals surface area contributed by atoms with Gasteiger partial charge in [0.15, 0.2) is 5.82 Å². The van der Waals surface area contributed by atoms with Gasteiger partial charge in [0.25, 0.3) is 0 Å². The van der Waals surface area contributed by atoms with Crippen LogP contribution in [0.15, 0.2) is 4.52 Å². The van der Waals surface area contributed by atoms with E-state index in [2.05, 4.69) is 15.5 Å². The highest BCUT2D eigenvalue weighted by atomic mass is 16.5. The molecule has 118 valence electrons. The van der Waals surface area contributed by atoms with Crippen LogP contribution in [0.5, 0.6) is 0 Å². The molecular weight excluding hydrogens is 270 g/mol. The summed E-state index contributed by atoms with van der Waals surface area (Å²) in [5.41, 5.74) is 0.0903. The van der Waals surface area contributed by atoms with Gasteiger partial charge in [-0.3, -0.25) is 0 Å². The SMILES string of the molecule is COCCc1noc(CC2CCOC3(CCNCC3)C2)n1. The highest BCUT2D eigenvalue weighted by Gasteiger charge is 2.38. The van der Waals surface area contributed by atoms with E-state index in [1.54, 1.807) is 7.11 Å². The Morgan fingerprint density at radius 1 is 1.38 bits per heavy atom. The van der Waals surface area contributed by atoms with Crippen LogP contribution in [0.3, 0.4) is 0 Å². The van der Waals surface area contributed by atoms with Crippen LogP contribution in [0.2, 0.25) is 0 Å². The number of aromatic nitrogens is 2. The fraction of sp³-hybridized carbons (Fsp3) is 0.867. The predicted octanol–water partition coefficient (Wildman–Crippen LogP) is 1.35. The summed E-state index contributed by atoms with van der Waals surface area (Å²) in [6.45, 7) is 3.62. The van der Waals surface area contributed by atoms with Crippen molar-refractivity contribution in [2.45, 2.75) is 44.1 Å². The molecule has 1 unspecified atom stereocenters. The lowest BCUT2D eigenvalue weighted by Gasteiger charge is -2.43. The molecule has 0 aromatic carbocycles. The Morgan fingerprint density at radius 3 is 3.05 bits per heavy atom. The number of hydrogen-bond donors (Lipinski definition) is 1. The fourth-order valence-electron chi connectivity index (χ4n) is 3.45. The third kappa shape index (κ3) is 3.81. The number of ether oxygens (including phenoxy) is 2. The Hall–Kier alpha value is -0.980. The predicted molar refractivity (Wildman–Crippen MR) is 77.1 cm³/mol. The van der Waals surface area contributed by atoms with E-state index in [4.69, 9.17) is 14.0 Å². The fourth-order valence-corrected chi connectivity index (χ4v) is 3.45. The molecule has 3 rings (SSSR count). The maximum atomic E-state index is 6.11. The molecule has 1 aromatic rings. The Bertz CT molecular complexity index is 438. The van der Waals surface area contributed by atoms with Crippen LogP contribution in [-0.4, -0.2) is 49.2 Å². The summed E-state index contributed by atoms with van der Waals surface area (Å²) in [4.78, 5) is 4.46. The molecule has 6 heteroatoms. The molecule has 2 aliphatic heterocycles. The number of nitrogens with one attached hydrogen (secondary N) is 1. The second-order valence-corrected chi connectivity index (χ2v) is 6.19. The monoisotopic (exact) mass is 295 g/mol. The van der Waals surface area contributed by atoms with E-state index < -0.39 is 0 Å². The van der Waals surface area contributed by atoms with E-state index in [-0.39, 0.29) is 5.60 Å². The van der Waals surface area contributed by atoms with Crippen LogP contribution in [-0.2, 0) is 22.3 Å². The Morgan fingerprint density at radius 2 is 2.24 bits per heavy atom. The second-order valence-electron chi connectivity index (χ2n) is 6.19. The number of methoxy groups -OCH3 is 1. The van der Waals surface area contributed by atoms with Crippen molar-refractivity contribution < 1.29 is 14.0 Å². The first kappa shape index (κ1) is 14.9. The van der Waals surface area contributed by atoms with Crippen molar-refractivity contribution in [1.29, 1.82) is 0 Å². The van der Waals surface area contributed by atoms with Gasteiger partial charge in [-0.2, -0.15) is 4.98 Å². The normalized spacial score (nSPS) is 25.3. The number of piperidine rings is 1. The van der Waals surface area contributed by atoms with Gasteiger partial charge in [0, 0.05) is 26.6 Å². The lowest BCUT2D eigenvalue weighted by molar-refractivity contribution is -0.114. The number of rotatable bonds is 5. The minimum absolute atomic E-state index is 0.0903. The Balaban J connectivity index is 1.55. The molecule has 2 fully saturated rings. The van der Waals surface area contributed by atoms with Crippen molar-refractivity contribution >= 4 is 0 Å². The molecule has 3 heterocycles. The highest BCUT2D eigenvalue weighted by molar-refractivity contribution is 4.95. The van der Waals surface area contributed by atoms with Crippen LogP contribution in [0.25, 0.3) is 0 Å².